The van der Waals surface area contributed by atoms with Crippen LogP contribution in [0.1, 0.15) is 29.2 Å². The summed E-state index contributed by atoms with van der Waals surface area (Å²) in [6, 6.07) is 7.94. The second kappa shape index (κ2) is 6.69. The van der Waals surface area contributed by atoms with E-state index in [2.05, 4.69) is 10.1 Å². The molecule has 0 aliphatic heterocycles. The molecule has 5 heteroatoms. The molecule has 0 spiro atoms. The van der Waals surface area contributed by atoms with Crippen LogP contribution in [0.15, 0.2) is 39.5 Å². The summed E-state index contributed by atoms with van der Waals surface area (Å²) in [6.07, 6.45) is 3.49. The van der Waals surface area contributed by atoms with Gasteiger partial charge in [-0.1, -0.05) is 5.16 Å². The first kappa shape index (κ1) is 15.3. The molecule has 5 nitrogen and oxygen atoms in total. The van der Waals surface area contributed by atoms with E-state index in [0.717, 1.165) is 41.0 Å². The molecule has 0 saturated heterocycles. The first-order valence-electron chi connectivity index (χ1n) is 7.70. The minimum atomic E-state index is 0.563. The first-order valence-corrected chi connectivity index (χ1v) is 7.70. The molecule has 0 atom stereocenters. The standard InChI is InChI=1S/C18H20N2O3/c1-12-10-15(18-19-14(3)23-20-18)11-13(2)17(12)22-9-5-7-16-6-4-8-21-16/h4,6,8,10-11H,5,7,9H2,1-3H3. The molecule has 2 aromatic heterocycles. The molecule has 0 unspecified atom stereocenters. The maximum atomic E-state index is 5.96. The van der Waals surface area contributed by atoms with E-state index >= 15 is 0 Å². The minimum Gasteiger partial charge on any atom is -0.493 e. The molecule has 3 rings (SSSR count). The van der Waals surface area contributed by atoms with Gasteiger partial charge in [-0.2, -0.15) is 4.98 Å². The van der Waals surface area contributed by atoms with Crippen LogP contribution in [0.2, 0.25) is 0 Å². The Bertz CT molecular complexity index is 752. The molecule has 0 aliphatic carbocycles. The van der Waals surface area contributed by atoms with Crippen LogP contribution in [0.3, 0.4) is 0 Å². The molecule has 0 aliphatic rings. The second-order valence-corrected chi connectivity index (χ2v) is 5.61. The van der Waals surface area contributed by atoms with E-state index in [1.54, 1.807) is 13.2 Å². The summed E-state index contributed by atoms with van der Waals surface area (Å²) >= 11 is 0. The number of ether oxygens (including phenoxy) is 1. The van der Waals surface area contributed by atoms with E-state index in [-0.39, 0.29) is 0 Å². The van der Waals surface area contributed by atoms with Crippen molar-refractivity contribution in [3.05, 3.63) is 53.3 Å². The highest BCUT2D eigenvalue weighted by Gasteiger charge is 2.11. The van der Waals surface area contributed by atoms with E-state index < -0.39 is 0 Å². The van der Waals surface area contributed by atoms with E-state index in [1.165, 1.54) is 0 Å². The fraction of sp³-hybridized carbons (Fsp3) is 0.333. The van der Waals surface area contributed by atoms with Gasteiger partial charge in [0.25, 0.3) is 0 Å². The summed E-state index contributed by atoms with van der Waals surface area (Å²) in [6.45, 7) is 6.51. The smallest absolute Gasteiger partial charge is 0.223 e. The maximum Gasteiger partial charge on any atom is 0.223 e. The molecule has 0 fully saturated rings. The van der Waals surface area contributed by atoms with Crippen LogP contribution in [-0.2, 0) is 6.42 Å². The molecule has 23 heavy (non-hydrogen) atoms. The van der Waals surface area contributed by atoms with Crippen molar-refractivity contribution in [2.45, 2.75) is 33.6 Å². The number of rotatable bonds is 6. The summed E-state index contributed by atoms with van der Waals surface area (Å²) in [5.41, 5.74) is 3.08. The van der Waals surface area contributed by atoms with Gasteiger partial charge in [-0.25, -0.2) is 0 Å². The zero-order chi connectivity index (χ0) is 16.2. The van der Waals surface area contributed by atoms with Crippen LogP contribution in [-0.4, -0.2) is 16.7 Å². The van der Waals surface area contributed by atoms with Crippen molar-refractivity contribution in [3.8, 4) is 17.1 Å². The van der Waals surface area contributed by atoms with Crippen LogP contribution >= 0.6 is 0 Å². The van der Waals surface area contributed by atoms with Crippen molar-refractivity contribution >= 4 is 0 Å². The Labute approximate surface area is 135 Å². The Morgan fingerprint density at radius 2 is 1.91 bits per heavy atom. The summed E-state index contributed by atoms with van der Waals surface area (Å²) in [5, 5.41) is 3.96. The van der Waals surface area contributed by atoms with Gasteiger partial charge in [0.1, 0.15) is 11.5 Å². The van der Waals surface area contributed by atoms with Crippen molar-refractivity contribution in [1.29, 1.82) is 0 Å². The SMILES string of the molecule is Cc1nc(-c2cc(C)c(OCCCc3ccco3)c(C)c2)no1. The number of benzene rings is 1. The lowest BCUT2D eigenvalue weighted by atomic mass is 10.1. The van der Waals surface area contributed by atoms with Crippen LogP contribution in [0.5, 0.6) is 5.75 Å². The molecule has 1 aromatic carbocycles. The highest BCUT2D eigenvalue weighted by Crippen LogP contribution is 2.29. The third-order valence-corrected chi connectivity index (χ3v) is 3.64. The zero-order valence-corrected chi connectivity index (χ0v) is 13.6. The second-order valence-electron chi connectivity index (χ2n) is 5.61. The van der Waals surface area contributed by atoms with Gasteiger partial charge in [-0.3, -0.25) is 0 Å². The molecule has 0 bridgehead atoms. The molecular weight excluding hydrogens is 292 g/mol. The summed E-state index contributed by atoms with van der Waals surface area (Å²) in [7, 11) is 0. The van der Waals surface area contributed by atoms with Gasteiger partial charge in [0.05, 0.1) is 12.9 Å². The Kier molecular flexibility index (Phi) is 4.46. The summed E-state index contributed by atoms with van der Waals surface area (Å²) in [5.74, 6) is 3.09. The summed E-state index contributed by atoms with van der Waals surface area (Å²) in [4.78, 5) is 4.27. The molecule has 0 N–H and O–H groups in total. The van der Waals surface area contributed by atoms with Gasteiger partial charge >= 0.3 is 0 Å². The van der Waals surface area contributed by atoms with E-state index in [9.17, 15) is 0 Å². The molecule has 0 amide bonds. The number of hydrogen-bond acceptors (Lipinski definition) is 5. The van der Waals surface area contributed by atoms with Crippen molar-refractivity contribution < 1.29 is 13.7 Å². The molecule has 0 radical (unpaired) electrons. The average molecular weight is 312 g/mol. The lowest BCUT2D eigenvalue weighted by molar-refractivity contribution is 0.302. The Balaban J connectivity index is 1.65. The van der Waals surface area contributed by atoms with Gasteiger partial charge in [-0.15, -0.1) is 0 Å². The van der Waals surface area contributed by atoms with Gasteiger partial charge in [0.2, 0.25) is 11.7 Å². The quantitative estimate of drug-likeness (QED) is 0.636. The van der Waals surface area contributed by atoms with Gasteiger partial charge in [0.15, 0.2) is 0 Å². The van der Waals surface area contributed by atoms with E-state index in [1.807, 2.05) is 38.1 Å². The molecule has 120 valence electrons. The largest absolute Gasteiger partial charge is 0.493 e. The topological polar surface area (TPSA) is 61.3 Å². The Hall–Kier alpha value is -2.56. The number of hydrogen-bond donors (Lipinski definition) is 0. The minimum absolute atomic E-state index is 0.563. The third kappa shape index (κ3) is 3.62. The van der Waals surface area contributed by atoms with Crippen molar-refractivity contribution in [1.82, 2.24) is 10.1 Å². The van der Waals surface area contributed by atoms with Crippen LogP contribution in [0, 0.1) is 20.8 Å². The predicted octanol–water partition coefficient (Wildman–Crippen LogP) is 4.27. The van der Waals surface area contributed by atoms with Crippen molar-refractivity contribution in [2.24, 2.45) is 0 Å². The number of aryl methyl sites for hydroxylation is 4. The first-order chi connectivity index (χ1) is 11.1. The molecule has 3 aromatic rings. The van der Waals surface area contributed by atoms with Gasteiger partial charge < -0.3 is 13.7 Å². The Morgan fingerprint density at radius 1 is 1.13 bits per heavy atom. The summed E-state index contributed by atoms with van der Waals surface area (Å²) < 4.78 is 16.3. The van der Waals surface area contributed by atoms with E-state index in [0.29, 0.717) is 18.3 Å². The number of furan rings is 1. The lowest BCUT2D eigenvalue weighted by Gasteiger charge is -2.13. The molecular formula is C18H20N2O3. The molecule has 0 saturated carbocycles. The fourth-order valence-corrected chi connectivity index (χ4v) is 2.60. The Morgan fingerprint density at radius 3 is 2.52 bits per heavy atom. The normalized spacial score (nSPS) is 10.9. The highest BCUT2D eigenvalue weighted by molar-refractivity contribution is 5.60. The number of nitrogens with zero attached hydrogens (tertiary/aromatic N) is 2. The monoisotopic (exact) mass is 312 g/mol. The van der Waals surface area contributed by atoms with Gasteiger partial charge in [0, 0.05) is 18.9 Å². The molecule has 2 heterocycles. The van der Waals surface area contributed by atoms with E-state index in [4.69, 9.17) is 13.7 Å². The van der Waals surface area contributed by atoms with Crippen molar-refractivity contribution in [2.75, 3.05) is 6.61 Å². The van der Waals surface area contributed by atoms with Crippen LogP contribution < -0.4 is 4.74 Å². The number of aromatic nitrogens is 2. The van der Waals surface area contributed by atoms with Crippen LogP contribution in [0.25, 0.3) is 11.4 Å². The maximum absolute atomic E-state index is 5.96. The van der Waals surface area contributed by atoms with Crippen LogP contribution in [0.4, 0.5) is 0 Å². The van der Waals surface area contributed by atoms with Crippen molar-refractivity contribution in [3.63, 3.8) is 0 Å². The lowest BCUT2D eigenvalue weighted by Crippen LogP contribution is -2.02. The fourth-order valence-electron chi connectivity index (χ4n) is 2.60. The zero-order valence-electron chi connectivity index (χ0n) is 13.6. The highest BCUT2D eigenvalue weighted by atomic mass is 16.5. The van der Waals surface area contributed by atoms with Gasteiger partial charge in [-0.05, 0) is 55.7 Å². The predicted molar refractivity (Wildman–Crippen MR) is 86.5 cm³/mol. The average Bonchev–Trinajstić information content (AvgIpc) is 3.17. The third-order valence-electron chi connectivity index (χ3n) is 3.64.